The lowest BCUT2D eigenvalue weighted by Crippen LogP contribution is -2.20. The molecule has 0 N–H and O–H groups in total. The normalized spacial score (nSPS) is 10.8. The van der Waals surface area contributed by atoms with Crippen LogP contribution >= 0.6 is 23.4 Å². The molecule has 0 aliphatic heterocycles. The van der Waals surface area contributed by atoms with Crippen molar-refractivity contribution in [1.29, 1.82) is 0 Å². The maximum Gasteiger partial charge on any atom is 0.287 e. The molecule has 3 nitrogen and oxygen atoms in total. The van der Waals surface area contributed by atoms with Crippen LogP contribution in [0.25, 0.3) is 5.69 Å². The summed E-state index contributed by atoms with van der Waals surface area (Å²) in [6.07, 6.45) is 3.38. The molecule has 24 heavy (non-hydrogen) atoms. The first-order valence-corrected chi connectivity index (χ1v) is 8.93. The minimum atomic E-state index is -0.0959. The fourth-order valence-corrected chi connectivity index (χ4v) is 3.50. The van der Waals surface area contributed by atoms with Crippen molar-refractivity contribution < 1.29 is 0 Å². The van der Waals surface area contributed by atoms with Crippen molar-refractivity contribution in [2.24, 2.45) is 0 Å². The number of hydrogen-bond donors (Lipinski definition) is 0. The number of benzene rings is 2. The fraction of sp³-hybridized carbons (Fsp3) is 0.158. The monoisotopic (exact) mass is 356 g/mol. The van der Waals surface area contributed by atoms with Gasteiger partial charge in [-0.15, -0.1) is 0 Å². The van der Waals surface area contributed by atoms with Crippen LogP contribution in [0.5, 0.6) is 0 Å². The fourth-order valence-electron chi connectivity index (χ4n) is 2.52. The maximum absolute atomic E-state index is 12.7. The molecule has 3 rings (SSSR count). The second-order valence-corrected chi connectivity index (χ2v) is 7.07. The van der Waals surface area contributed by atoms with E-state index >= 15 is 0 Å². The highest BCUT2D eigenvalue weighted by Crippen LogP contribution is 2.20. The first-order valence-electron chi connectivity index (χ1n) is 7.56. The van der Waals surface area contributed by atoms with E-state index in [2.05, 4.69) is 11.1 Å². The molecule has 1 heterocycles. The van der Waals surface area contributed by atoms with Gasteiger partial charge in [0.15, 0.2) is 5.03 Å². The molecule has 0 spiro atoms. The van der Waals surface area contributed by atoms with Crippen molar-refractivity contribution in [3.63, 3.8) is 0 Å². The predicted molar refractivity (Wildman–Crippen MR) is 100 cm³/mol. The lowest BCUT2D eigenvalue weighted by atomic mass is 10.1. The topological polar surface area (TPSA) is 34.9 Å². The van der Waals surface area contributed by atoms with Crippen LogP contribution in [-0.2, 0) is 5.75 Å². The highest BCUT2D eigenvalue weighted by molar-refractivity contribution is 7.98. The van der Waals surface area contributed by atoms with E-state index in [0.717, 1.165) is 22.4 Å². The number of halogens is 1. The third-order valence-corrected chi connectivity index (χ3v) is 4.87. The van der Waals surface area contributed by atoms with Gasteiger partial charge in [0.05, 0.1) is 0 Å². The number of rotatable bonds is 4. The van der Waals surface area contributed by atoms with Gasteiger partial charge in [-0.25, -0.2) is 4.98 Å². The van der Waals surface area contributed by atoms with E-state index in [4.69, 9.17) is 11.6 Å². The van der Waals surface area contributed by atoms with E-state index in [1.807, 2.05) is 50.2 Å². The molecule has 0 unspecified atom stereocenters. The zero-order valence-corrected chi connectivity index (χ0v) is 15.1. The number of aromatic nitrogens is 2. The Labute approximate surface area is 150 Å². The van der Waals surface area contributed by atoms with Crippen molar-refractivity contribution in [2.75, 3.05) is 0 Å². The minimum absolute atomic E-state index is 0.0959. The number of aryl methyl sites for hydroxylation is 2. The third-order valence-electron chi connectivity index (χ3n) is 3.58. The molecule has 3 aromatic rings. The minimum Gasteiger partial charge on any atom is -0.280 e. The molecule has 0 radical (unpaired) electrons. The molecular weight excluding hydrogens is 340 g/mol. The first-order chi connectivity index (χ1) is 11.5. The summed E-state index contributed by atoms with van der Waals surface area (Å²) >= 11 is 7.33. The Kier molecular flexibility index (Phi) is 5.07. The van der Waals surface area contributed by atoms with E-state index in [9.17, 15) is 4.79 Å². The molecule has 0 atom stereocenters. The molecule has 0 bridgehead atoms. The Morgan fingerprint density at radius 3 is 2.42 bits per heavy atom. The van der Waals surface area contributed by atoms with E-state index in [1.54, 1.807) is 17.0 Å². The summed E-state index contributed by atoms with van der Waals surface area (Å²) in [6, 6.07) is 13.7. The van der Waals surface area contributed by atoms with Gasteiger partial charge in [-0.05, 0) is 54.8 Å². The van der Waals surface area contributed by atoms with Crippen LogP contribution < -0.4 is 5.56 Å². The summed E-state index contributed by atoms with van der Waals surface area (Å²) in [5, 5.41) is 1.20. The summed E-state index contributed by atoms with van der Waals surface area (Å²) in [6.45, 7) is 4.05. The Bertz CT molecular complexity index is 899. The average molecular weight is 357 g/mol. The summed E-state index contributed by atoms with van der Waals surface area (Å²) in [5.74, 6) is 0.677. The van der Waals surface area contributed by atoms with Gasteiger partial charge in [-0.1, -0.05) is 41.6 Å². The molecular formula is C19H17ClN2OS. The SMILES string of the molecule is Cc1cc(C)cc(-n2ccnc(SCc3ccc(Cl)cc3)c2=O)c1. The number of thioether (sulfide) groups is 1. The predicted octanol–water partition coefficient (Wildman–Crippen LogP) is 4.80. The van der Waals surface area contributed by atoms with Crippen LogP contribution in [0.15, 0.2) is 64.7 Å². The molecule has 2 aromatic carbocycles. The van der Waals surface area contributed by atoms with Crippen LogP contribution in [0.3, 0.4) is 0 Å². The van der Waals surface area contributed by atoms with Crippen molar-refractivity contribution in [1.82, 2.24) is 9.55 Å². The van der Waals surface area contributed by atoms with Crippen LogP contribution in [-0.4, -0.2) is 9.55 Å². The Morgan fingerprint density at radius 2 is 1.75 bits per heavy atom. The summed E-state index contributed by atoms with van der Waals surface area (Å²) < 4.78 is 1.65. The lowest BCUT2D eigenvalue weighted by Gasteiger charge is -2.09. The van der Waals surface area contributed by atoms with Gasteiger partial charge in [0.1, 0.15) is 0 Å². The largest absolute Gasteiger partial charge is 0.287 e. The van der Waals surface area contributed by atoms with Crippen molar-refractivity contribution in [3.05, 3.63) is 86.9 Å². The lowest BCUT2D eigenvalue weighted by molar-refractivity contribution is 0.880. The van der Waals surface area contributed by atoms with Crippen molar-refractivity contribution in [3.8, 4) is 5.69 Å². The van der Waals surface area contributed by atoms with E-state index < -0.39 is 0 Å². The number of hydrogen-bond acceptors (Lipinski definition) is 3. The van der Waals surface area contributed by atoms with Gasteiger partial charge in [0.2, 0.25) is 0 Å². The zero-order valence-electron chi connectivity index (χ0n) is 13.5. The Hall–Kier alpha value is -2.04. The highest BCUT2D eigenvalue weighted by atomic mass is 35.5. The smallest absolute Gasteiger partial charge is 0.280 e. The molecule has 122 valence electrons. The molecule has 0 fully saturated rings. The molecule has 0 aliphatic rings. The molecule has 0 amide bonds. The zero-order chi connectivity index (χ0) is 17.1. The first kappa shape index (κ1) is 16.8. The van der Waals surface area contributed by atoms with E-state index in [-0.39, 0.29) is 5.56 Å². The number of nitrogens with zero attached hydrogens (tertiary/aromatic N) is 2. The summed E-state index contributed by atoms with van der Waals surface area (Å²) in [7, 11) is 0. The maximum atomic E-state index is 12.7. The second-order valence-electron chi connectivity index (χ2n) is 5.67. The Morgan fingerprint density at radius 1 is 1.08 bits per heavy atom. The van der Waals surface area contributed by atoms with Crippen molar-refractivity contribution in [2.45, 2.75) is 24.6 Å². The van der Waals surface area contributed by atoms with Gasteiger partial charge in [-0.2, -0.15) is 0 Å². The van der Waals surface area contributed by atoms with Crippen LogP contribution in [0.1, 0.15) is 16.7 Å². The van der Waals surface area contributed by atoms with Gasteiger partial charge in [-0.3, -0.25) is 9.36 Å². The van der Waals surface area contributed by atoms with Gasteiger partial charge in [0.25, 0.3) is 5.56 Å². The molecule has 0 aliphatic carbocycles. The van der Waals surface area contributed by atoms with Gasteiger partial charge >= 0.3 is 0 Å². The highest BCUT2D eigenvalue weighted by Gasteiger charge is 2.08. The quantitative estimate of drug-likeness (QED) is 0.630. The van der Waals surface area contributed by atoms with E-state index in [1.165, 1.54) is 11.8 Å². The van der Waals surface area contributed by atoms with Crippen LogP contribution in [0, 0.1) is 13.8 Å². The second kappa shape index (κ2) is 7.24. The molecule has 0 saturated heterocycles. The molecule has 1 aromatic heterocycles. The van der Waals surface area contributed by atoms with Gasteiger partial charge in [0, 0.05) is 28.9 Å². The van der Waals surface area contributed by atoms with E-state index in [0.29, 0.717) is 15.8 Å². The standard InChI is InChI=1S/C19H17ClN2OS/c1-13-9-14(2)11-17(10-13)22-8-7-21-18(19(22)23)24-12-15-3-5-16(20)6-4-15/h3-11H,12H2,1-2H3. The van der Waals surface area contributed by atoms with Crippen LogP contribution in [0.2, 0.25) is 5.02 Å². The Balaban J connectivity index is 1.88. The molecule has 5 heteroatoms. The van der Waals surface area contributed by atoms with Gasteiger partial charge < -0.3 is 0 Å². The van der Waals surface area contributed by atoms with Crippen molar-refractivity contribution >= 4 is 23.4 Å². The summed E-state index contributed by atoms with van der Waals surface area (Å²) in [4.78, 5) is 17.0. The molecule has 0 saturated carbocycles. The average Bonchev–Trinajstić information content (AvgIpc) is 2.54. The van der Waals surface area contributed by atoms with Crippen LogP contribution in [0.4, 0.5) is 0 Å². The summed E-state index contributed by atoms with van der Waals surface area (Å²) in [5.41, 5.74) is 4.13. The third kappa shape index (κ3) is 3.89.